The first-order chi connectivity index (χ1) is 9.09. The molecule has 104 valence electrons. The summed E-state index contributed by atoms with van der Waals surface area (Å²) in [4.78, 5) is 14.2. The van der Waals surface area contributed by atoms with Crippen LogP contribution in [0, 0.1) is 0 Å². The van der Waals surface area contributed by atoms with Gasteiger partial charge in [-0.05, 0) is 30.5 Å². The molecule has 0 saturated carbocycles. The van der Waals surface area contributed by atoms with Crippen molar-refractivity contribution in [1.82, 2.24) is 4.90 Å². The molecule has 1 fully saturated rings. The number of likely N-dealkylation sites (tertiary alicyclic amines) is 1. The average molecular weight is 321 g/mol. The average Bonchev–Trinajstić information content (AvgIpc) is 2.66. The van der Waals surface area contributed by atoms with Crippen molar-refractivity contribution in [2.75, 3.05) is 13.1 Å². The molecular weight excluding hydrogens is 305 g/mol. The summed E-state index contributed by atoms with van der Waals surface area (Å²) in [5, 5.41) is 0.248. The van der Waals surface area contributed by atoms with Crippen LogP contribution < -0.4 is 0 Å². The Morgan fingerprint density at radius 2 is 1.74 bits per heavy atom. The van der Waals surface area contributed by atoms with Gasteiger partial charge in [0.05, 0.1) is 0 Å². The highest BCUT2D eigenvalue weighted by atomic mass is 35.5. The zero-order chi connectivity index (χ0) is 13.8. The molecule has 1 aromatic rings. The van der Waals surface area contributed by atoms with Crippen LogP contribution in [-0.2, 0) is 4.79 Å². The molecule has 1 unspecified atom stereocenters. The summed E-state index contributed by atoms with van der Waals surface area (Å²) in [6.07, 6.45) is 4.45. The molecule has 2 nitrogen and oxygen atoms in total. The van der Waals surface area contributed by atoms with Gasteiger partial charge in [0.25, 0.3) is 0 Å². The van der Waals surface area contributed by atoms with Crippen LogP contribution in [0.15, 0.2) is 18.2 Å². The van der Waals surface area contributed by atoms with Gasteiger partial charge in [-0.25, -0.2) is 0 Å². The lowest BCUT2D eigenvalue weighted by molar-refractivity contribution is -0.130. The number of nitrogens with zero attached hydrogens (tertiary/aromatic N) is 1. The molecule has 5 heteroatoms. The Bertz CT molecular complexity index is 456. The molecule has 1 saturated heterocycles. The van der Waals surface area contributed by atoms with Crippen LogP contribution in [0.25, 0.3) is 0 Å². The third kappa shape index (κ3) is 3.77. The number of benzene rings is 1. The van der Waals surface area contributed by atoms with Crippen molar-refractivity contribution in [3.05, 3.63) is 33.8 Å². The van der Waals surface area contributed by atoms with Crippen molar-refractivity contribution in [2.24, 2.45) is 0 Å². The second-order valence-electron chi connectivity index (χ2n) is 4.77. The van der Waals surface area contributed by atoms with Gasteiger partial charge in [-0.1, -0.05) is 42.1 Å². The van der Waals surface area contributed by atoms with Crippen LogP contribution in [0.5, 0.6) is 0 Å². The third-order valence-corrected chi connectivity index (χ3v) is 4.35. The molecule has 0 aliphatic carbocycles. The van der Waals surface area contributed by atoms with Crippen LogP contribution >= 0.6 is 34.8 Å². The summed E-state index contributed by atoms with van der Waals surface area (Å²) in [7, 11) is 0. The van der Waals surface area contributed by atoms with E-state index >= 15 is 0 Å². The number of carbonyl (C=O) groups excluding carboxylic acids is 1. The minimum atomic E-state index is -0.733. The summed E-state index contributed by atoms with van der Waals surface area (Å²) in [6, 6.07) is 5.04. The summed E-state index contributed by atoms with van der Waals surface area (Å²) < 4.78 is 0. The fraction of sp³-hybridized carbons (Fsp3) is 0.500. The van der Waals surface area contributed by atoms with Crippen molar-refractivity contribution in [3.8, 4) is 0 Å². The first-order valence-electron chi connectivity index (χ1n) is 6.47. The largest absolute Gasteiger partial charge is 0.341 e. The van der Waals surface area contributed by atoms with E-state index in [1.165, 1.54) is 12.8 Å². The van der Waals surface area contributed by atoms with Gasteiger partial charge in [-0.2, -0.15) is 0 Å². The zero-order valence-corrected chi connectivity index (χ0v) is 12.8. The van der Waals surface area contributed by atoms with E-state index in [-0.39, 0.29) is 5.91 Å². The number of alkyl halides is 1. The lowest BCUT2D eigenvalue weighted by Gasteiger charge is -2.23. The lowest BCUT2D eigenvalue weighted by atomic mass is 10.1. The predicted octanol–water partition coefficient (Wildman–Crippen LogP) is 4.68. The first-order valence-corrected chi connectivity index (χ1v) is 7.66. The molecule has 1 heterocycles. The minimum absolute atomic E-state index is 0.0622. The maximum Gasteiger partial charge on any atom is 0.245 e. The summed E-state index contributed by atoms with van der Waals surface area (Å²) in [5.41, 5.74) is 0.627. The monoisotopic (exact) mass is 319 g/mol. The Balaban J connectivity index is 2.13. The fourth-order valence-corrected chi connectivity index (χ4v) is 3.19. The van der Waals surface area contributed by atoms with E-state index in [0.717, 1.165) is 25.9 Å². The Morgan fingerprint density at radius 3 is 2.32 bits per heavy atom. The number of hydrogen-bond acceptors (Lipinski definition) is 1. The van der Waals surface area contributed by atoms with Crippen LogP contribution in [0.1, 0.15) is 36.6 Å². The Morgan fingerprint density at radius 1 is 1.11 bits per heavy atom. The van der Waals surface area contributed by atoms with Crippen LogP contribution in [0.2, 0.25) is 10.0 Å². The smallest absolute Gasteiger partial charge is 0.245 e. The van der Waals surface area contributed by atoms with E-state index in [1.807, 2.05) is 4.90 Å². The molecule has 0 bridgehead atoms. The van der Waals surface area contributed by atoms with Crippen molar-refractivity contribution >= 4 is 40.7 Å². The van der Waals surface area contributed by atoms with Crippen molar-refractivity contribution in [2.45, 2.75) is 31.1 Å². The fourth-order valence-electron chi connectivity index (χ4n) is 2.29. The number of rotatable bonds is 2. The van der Waals surface area contributed by atoms with E-state index in [2.05, 4.69) is 0 Å². The molecule has 1 aliphatic heterocycles. The molecular formula is C14H16Cl3NO. The van der Waals surface area contributed by atoms with Crippen molar-refractivity contribution in [3.63, 3.8) is 0 Å². The van der Waals surface area contributed by atoms with Crippen LogP contribution in [0.4, 0.5) is 0 Å². The van der Waals surface area contributed by atoms with Gasteiger partial charge in [0.2, 0.25) is 5.91 Å². The van der Waals surface area contributed by atoms with Gasteiger partial charge in [-0.15, -0.1) is 11.6 Å². The predicted molar refractivity (Wildman–Crippen MR) is 80.1 cm³/mol. The van der Waals surface area contributed by atoms with Gasteiger partial charge in [0, 0.05) is 23.1 Å². The first kappa shape index (κ1) is 15.0. The highest BCUT2D eigenvalue weighted by molar-refractivity contribution is 6.37. The highest BCUT2D eigenvalue weighted by Gasteiger charge is 2.26. The molecule has 19 heavy (non-hydrogen) atoms. The molecule has 1 amide bonds. The number of amides is 1. The molecule has 0 spiro atoms. The van der Waals surface area contributed by atoms with E-state index in [4.69, 9.17) is 34.8 Å². The van der Waals surface area contributed by atoms with E-state index in [9.17, 15) is 4.79 Å². The molecule has 1 aliphatic rings. The van der Waals surface area contributed by atoms with Gasteiger partial charge < -0.3 is 4.90 Å². The van der Waals surface area contributed by atoms with Crippen LogP contribution in [-0.4, -0.2) is 23.9 Å². The number of carbonyl (C=O) groups is 1. The normalized spacial score (nSPS) is 17.9. The molecule has 0 aromatic heterocycles. The van der Waals surface area contributed by atoms with Crippen molar-refractivity contribution in [1.29, 1.82) is 0 Å². The SMILES string of the molecule is O=C(C(Cl)c1ccc(Cl)cc1Cl)N1CCCCCC1. The third-order valence-electron chi connectivity index (χ3n) is 3.37. The second-order valence-corrected chi connectivity index (χ2v) is 6.05. The van der Waals surface area contributed by atoms with Gasteiger partial charge >= 0.3 is 0 Å². The van der Waals surface area contributed by atoms with Gasteiger partial charge in [0.1, 0.15) is 5.38 Å². The summed E-state index contributed by atoms with van der Waals surface area (Å²) >= 11 is 18.2. The zero-order valence-electron chi connectivity index (χ0n) is 10.5. The van der Waals surface area contributed by atoms with Crippen LogP contribution in [0.3, 0.4) is 0 Å². The Hall–Kier alpha value is -0.440. The standard InChI is InChI=1S/C14H16Cl3NO/c15-10-5-6-11(12(16)9-10)13(17)14(19)18-7-3-1-2-4-8-18/h5-6,9,13H,1-4,7-8H2. The summed E-state index contributed by atoms with van der Waals surface area (Å²) in [5.74, 6) is -0.0622. The Labute approximate surface area is 128 Å². The maximum absolute atomic E-state index is 12.4. The van der Waals surface area contributed by atoms with E-state index < -0.39 is 5.38 Å². The molecule has 1 aromatic carbocycles. The quantitative estimate of drug-likeness (QED) is 0.725. The summed E-state index contributed by atoms with van der Waals surface area (Å²) in [6.45, 7) is 1.57. The topological polar surface area (TPSA) is 20.3 Å². The molecule has 1 atom stereocenters. The van der Waals surface area contributed by atoms with E-state index in [0.29, 0.717) is 15.6 Å². The molecule has 2 rings (SSSR count). The van der Waals surface area contributed by atoms with Crippen molar-refractivity contribution < 1.29 is 4.79 Å². The second kappa shape index (κ2) is 6.83. The number of halogens is 3. The molecule has 0 N–H and O–H groups in total. The van der Waals surface area contributed by atoms with E-state index in [1.54, 1.807) is 18.2 Å². The Kier molecular flexibility index (Phi) is 5.37. The highest BCUT2D eigenvalue weighted by Crippen LogP contribution is 2.32. The van der Waals surface area contributed by atoms with Gasteiger partial charge in [0.15, 0.2) is 0 Å². The lowest BCUT2D eigenvalue weighted by Crippen LogP contribution is -2.34. The minimum Gasteiger partial charge on any atom is -0.341 e. The van der Waals surface area contributed by atoms with Gasteiger partial charge in [-0.3, -0.25) is 4.79 Å². The number of hydrogen-bond donors (Lipinski definition) is 0. The maximum atomic E-state index is 12.4. The molecule has 0 radical (unpaired) electrons.